The van der Waals surface area contributed by atoms with Gasteiger partial charge < -0.3 is 20.0 Å². The van der Waals surface area contributed by atoms with Crippen molar-refractivity contribution in [2.24, 2.45) is 5.92 Å². The number of carbonyl (C=O) groups is 2. The molecule has 6 heteroatoms. The summed E-state index contributed by atoms with van der Waals surface area (Å²) in [6.45, 7) is 3.64. The Labute approximate surface area is 119 Å². The van der Waals surface area contributed by atoms with Crippen molar-refractivity contribution in [2.45, 2.75) is 51.2 Å². The van der Waals surface area contributed by atoms with Crippen LogP contribution in [0.2, 0.25) is 0 Å². The number of aliphatic carboxylic acids is 1. The number of hydrogen-bond acceptors (Lipinski definition) is 3. The van der Waals surface area contributed by atoms with Crippen molar-refractivity contribution >= 4 is 12.0 Å². The van der Waals surface area contributed by atoms with E-state index in [0.29, 0.717) is 19.6 Å². The predicted octanol–water partition coefficient (Wildman–Crippen LogP) is 1.14. The number of aliphatic hydroxyl groups excluding tert-OH is 1. The molecule has 2 saturated heterocycles. The molecule has 0 aromatic carbocycles. The fourth-order valence-electron chi connectivity index (χ4n) is 3.20. The molecule has 0 bridgehead atoms. The van der Waals surface area contributed by atoms with Gasteiger partial charge in [-0.15, -0.1) is 0 Å². The van der Waals surface area contributed by atoms with Crippen LogP contribution >= 0.6 is 0 Å². The van der Waals surface area contributed by atoms with Gasteiger partial charge in [0.15, 0.2) is 0 Å². The van der Waals surface area contributed by atoms with Crippen LogP contribution in [0.25, 0.3) is 0 Å². The van der Waals surface area contributed by atoms with Crippen LogP contribution in [0.15, 0.2) is 0 Å². The Kier molecular flexibility index (Phi) is 4.86. The standard InChI is InChI=1S/C14H24N2O4/c1-10(17)11-5-7-15(9-11)14(20)16-6-3-2-4-12(16)8-13(18)19/h10-12,17H,2-9H2,1H3,(H,18,19). The van der Waals surface area contributed by atoms with Gasteiger partial charge >= 0.3 is 12.0 Å². The topological polar surface area (TPSA) is 81.1 Å². The van der Waals surface area contributed by atoms with Gasteiger partial charge in [-0.1, -0.05) is 0 Å². The molecule has 114 valence electrons. The Hall–Kier alpha value is -1.30. The molecule has 2 fully saturated rings. The fraction of sp³-hybridized carbons (Fsp3) is 0.857. The first-order valence-corrected chi connectivity index (χ1v) is 7.44. The van der Waals surface area contributed by atoms with E-state index in [-0.39, 0.29) is 24.4 Å². The number of likely N-dealkylation sites (tertiary alicyclic amines) is 2. The Bertz CT molecular complexity index is 372. The van der Waals surface area contributed by atoms with E-state index in [0.717, 1.165) is 25.7 Å². The molecular weight excluding hydrogens is 260 g/mol. The Balaban J connectivity index is 1.97. The van der Waals surface area contributed by atoms with Crippen LogP contribution in [-0.4, -0.2) is 63.8 Å². The van der Waals surface area contributed by atoms with E-state index in [1.165, 1.54) is 0 Å². The van der Waals surface area contributed by atoms with Gasteiger partial charge in [-0.2, -0.15) is 0 Å². The van der Waals surface area contributed by atoms with Gasteiger partial charge in [0, 0.05) is 31.6 Å². The van der Waals surface area contributed by atoms with Gasteiger partial charge in [-0.3, -0.25) is 4.79 Å². The van der Waals surface area contributed by atoms with Gasteiger partial charge in [0.1, 0.15) is 0 Å². The van der Waals surface area contributed by atoms with Crippen molar-refractivity contribution in [1.29, 1.82) is 0 Å². The van der Waals surface area contributed by atoms with Gasteiger partial charge in [0.2, 0.25) is 0 Å². The molecule has 2 amide bonds. The van der Waals surface area contributed by atoms with E-state index in [1.807, 2.05) is 0 Å². The van der Waals surface area contributed by atoms with Crippen LogP contribution in [0.5, 0.6) is 0 Å². The highest BCUT2D eigenvalue weighted by Crippen LogP contribution is 2.25. The molecule has 2 rings (SSSR count). The van der Waals surface area contributed by atoms with Crippen LogP contribution in [0, 0.1) is 5.92 Å². The number of piperidine rings is 1. The molecule has 6 nitrogen and oxygen atoms in total. The summed E-state index contributed by atoms with van der Waals surface area (Å²) in [5.74, 6) is -0.709. The van der Waals surface area contributed by atoms with Crippen molar-refractivity contribution in [2.75, 3.05) is 19.6 Å². The average molecular weight is 284 g/mol. The minimum atomic E-state index is -0.849. The number of urea groups is 1. The zero-order valence-electron chi connectivity index (χ0n) is 12.0. The molecule has 2 N–H and O–H groups in total. The van der Waals surface area contributed by atoms with Crippen molar-refractivity contribution < 1.29 is 19.8 Å². The molecule has 3 unspecified atom stereocenters. The van der Waals surface area contributed by atoms with Crippen LogP contribution < -0.4 is 0 Å². The SMILES string of the molecule is CC(O)C1CCN(C(=O)N2CCCCC2CC(=O)O)C1. The highest BCUT2D eigenvalue weighted by Gasteiger charge is 2.35. The second-order valence-electron chi connectivity index (χ2n) is 5.96. The number of carboxylic acids is 1. The maximum atomic E-state index is 12.5. The number of hydrogen-bond donors (Lipinski definition) is 2. The first-order valence-electron chi connectivity index (χ1n) is 7.44. The van der Waals surface area contributed by atoms with E-state index in [2.05, 4.69) is 0 Å². The number of amides is 2. The molecule has 2 aliphatic heterocycles. The Morgan fingerprint density at radius 3 is 2.60 bits per heavy atom. The number of nitrogens with zero attached hydrogens (tertiary/aromatic N) is 2. The summed E-state index contributed by atoms with van der Waals surface area (Å²) in [7, 11) is 0. The summed E-state index contributed by atoms with van der Waals surface area (Å²) in [5, 5.41) is 18.6. The van der Waals surface area contributed by atoms with Crippen LogP contribution in [-0.2, 0) is 4.79 Å². The lowest BCUT2D eigenvalue weighted by molar-refractivity contribution is -0.138. The maximum absolute atomic E-state index is 12.5. The van der Waals surface area contributed by atoms with Crippen molar-refractivity contribution in [1.82, 2.24) is 9.80 Å². The smallest absolute Gasteiger partial charge is 0.320 e. The summed E-state index contributed by atoms with van der Waals surface area (Å²) in [4.78, 5) is 26.9. The third kappa shape index (κ3) is 3.42. The monoisotopic (exact) mass is 284 g/mol. The Morgan fingerprint density at radius 2 is 2.00 bits per heavy atom. The molecule has 3 atom stereocenters. The van der Waals surface area contributed by atoms with E-state index < -0.39 is 12.1 Å². The van der Waals surface area contributed by atoms with E-state index in [4.69, 9.17) is 5.11 Å². The molecule has 0 aromatic heterocycles. The van der Waals surface area contributed by atoms with Gasteiger partial charge in [0.05, 0.1) is 12.5 Å². The zero-order valence-corrected chi connectivity index (χ0v) is 12.0. The summed E-state index contributed by atoms with van der Waals surface area (Å²) >= 11 is 0. The highest BCUT2D eigenvalue weighted by atomic mass is 16.4. The minimum absolute atomic E-state index is 0.0272. The number of carboxylic acid groups (broad SMARTS) is 1. The lowest BCUT2D eigenvalue weighted by atomic mass is 10.00. The molecule has 0 aromatic rings. The summed E-state index contributed by atoms with van der Waals surface area (Å²) in [6, 6.07) is -0.238. The van der Waals surface area contributed by atoms with Gasteiger partial charge in [-0.25, -0.2) is 4.79 Å². The largest absolute Gasteiger partial charge is 0.481 e. The van der Waals surface area contributed by atoms with Gasteiger partial charge in [-0.05, 0) is 32.6 Å². The lowest BCUT2D eigenvalue weighted by Crippen LogP contribution is -2.50. The molecule has 0 radical (unpaired) electrons. The second kappa shape index (κ2) is 6.43. The van der Waals surface area contributed by atoms with Crippen molar-refractivity contribution in [3.05, 3.63) is 0 Å². The molecule has 0 spiro atoms. The first-order chi connectivity index (χ1) is 9.49. The number of aliphatic hydroxyl groups is 1. The third-order valence-electron chi connectivity index (χ3n) is 4.46. The van der Waals surface area contributed by atoms with Crippen LogP contribution in [0.3, 0.4) is 0 Å². The maximum Gasteiger partial charge on any atom is 0.320 e. The Morgan fingerprint density at radius 1 is 1.25 bits per heavy atom. The number of rotatable bonds is 3. The summed E-state index contributed by atoms with van der Waals surface area (Å²) in [5.41, 5.74) is 0. The normalized spacial score (nSPS) is 28.5. The first kappa shape index (κ1) is 15.1. The average Bonchev–Trinajstić information content (AvgIpc) is 2.87. The quantitative estimate of drug-likeness (QED) is 0.814. The van der Waals surface area contributed by atoms with Crippen LogP contribution in [0.1, 0.15) is 39.0 Å². The van der Waals surface area contributed by atoms with Crippen molar-refractivity contribution in [3.8, 4) is 0 Å². The molecule has 2 aliphatic rings. The van der Waals surface area contributed by atoms with Crippen molar-refractivity contribution in [3.63, 3.8) is 0 Å². The lowest BCUT2D eigenvalue weighted by Gasteiger charge is -2.37. The molecular formula is C14H24N2O4. The van der Waals surface area contributed by atoms with E-state index in [1.54, 1.807) is 16.7 Å². The molecule has 0 saturated carbocycles. The molecule has 2 heterocycles. The molecule has 0 aliphatic carbocycles. The number of carbonyl (C=O) groups excluding carboxylic acids is 1. The van der Waals surface area contributed by atoms with Crippen LogP contribution in [0.4, 0.5) is 4.79 Å². The third-order valence-corrected chi connectivity index (χ3v) is 4.46. The summed E-state index contributed by atoms with van der Waals surface area (Å²) in [6.07, 6.45) is 3.14. The minimum Gasteiger partial charge on any atom is -0.481 e. The van der Waals surface area contributed by atoms with E-state index >= 15 is 0 Å². The predicted molar refractivity (Wildman–Crippen MR) is 73.4 cm³/mol. The molecule has 20 heavy (non-hydrogen) atoms. The van der Waals surface area contributed by atoms with E-state index in [9.17, 15) is 14.7 Å². The summed E-state index contributed by atoms with van der Waals surface area (Å²) < 4.78 is 0. The second-order valence-corrected chi connectivity index (χ2v) is 5.96. The van der Waals surface area contributed by atoms with Gasteiger partial charge in [0.25, 0.3) is 0 Å². The fourth-order valence-corrected chi connectivity index (χ4v) is 3.20. The highest BCUT2D eigenvalue weighted by molar-refractivity contribution is 5.76. The zero-order chi connectivity index (χ0) is 14.7.